The third-order valence-corrected chi connectivity index (χ3v) is 8.46. The number of aliphatic hydroxyl groups excluding tert-OH is 1. The summed E-state index contributed by atoms with van der Waals surface area (Å²) in [6, 6.07) is 15.2. The Balaban J connectivity index is 1.64. The van der Waals surface area contributed by atoms with Crippen molar-refractivity contribution >= 4 is 21.6 Å². The van der Waals surface area contributed by atoms with Crippen LogP contribution >= 0.6 is 11.6 Å². The number of aliphatic hydroxyl groups is 1. The fourth-order valence-electron chi connectivity index (χ4n) is 4.31. The number of sulfonamides is 1. The molecule has 2 heterocycles. The van der Waals surface area contributed by atoms with E-state index < -0.39 is 16.1 Å². The number of nitrogens with one attached hydrogen (secondary N) is 1. The molecule has 37 heavy (non-hydrogen) atoms. The number of aromatic nitrogens is 6. The SMILES string of the molecule is CCCCc1nc(Cl)c(CO)n1Cc1ccc(S(=O)(=O)N(CC)[C@@H](c2ccccc2)c2nn[nH]n2)cc1. The lowest BCUT2D eigenvalue weighted by atomic mass is 10.1. The molecule has 2 aromatic carbocycles. The van der Waals surface area contributed by atoms with Gasteiger partial charge in [0.2, 0.25) is 10.0 Å². The highest BCUT2D eigenvalue weighted by molar-refractivity contribution is 7.89. The normalized spacial score (nSPS) is 12.8. The van der Waals surface area contributed by atoms with Gasteiger partial charge < -0.3 is 9.67 Å². The van der Waals surface area contributed by atoms with E-state index in [1.807, 2.05) is 34.9 Å². The fourth-order valence-corrected chi connectivity index (χ4v) is 6.15. The van der Waals surface area contributed by atoms with Crippen LogP contribution in [-0.2, 0) is 29.6 Å². The van der Waals surface area contributed by atoms with Crippen LogP contribution in [0.4, 0.5) is 0 Å². The molecular formula is C25H30ClN7O3S. The first kappa shape index (κ1) is 26.9. The number of tetrazole rings is 1. The number of unbranched alkanes of at least 4 members (excludes halogenated alkanes) is 1. The van der Waals surface area contributed by atoms with Crippen LogP contribution in [0.15, 0.2) is 59.5 Å². The van der Waals surface area contributed by atoms with Crippen LogP contribution in [0.3, 0.4) is 0 Å². The zero-order valence-electron chi connectivity index (χ0n) is 20.7. The first-order chi connectivity index (χ1) is 17.9. The Morgan fingerprint density at radius 2 is 1.84 bits per heavy atom. The Morgan fingerprint density at radius 1 is 1.11 bits per heavy atom. The Hall–Kier alpha value is -3.12. The molecule has 0 spiro atoms. The van der Waals surface area contributed by atoms with E-state index in [2.05, 4.69) is 32.5 Å². The van der Waals surface area contributed by atoms with E-state index in [0.717, 1.165) is 36.2 Å². The van der Waals surface area contributed by atoms with Gasteiger partial charge in [-0.05, 0) is 29.7 Å². The van der Waals surface area contributed by atoms with E-state index in [4.69, 9.17) is 11.6 Å². The number of halogens is 1. The average Bonchev–Trinajstić information content (AvgIpc) is 3.54. The lowest BCUT2D eigenvalue weighted by molar-refractivity contribution is 0.271. The van der Waals surface area contributed by atoms with Crippen LogP contribution in [0.25, 0.3) is 0 Å². The highest BCUT2D eigenvalue weighted by Gasteiger charge is 2.35. The first-order valence-corrected chi connectivity index (χ1v) is 14.0. The number of nitrogens with zero attached hydrogens (tertiary/aromatic N) is 6. The van der Waals surface area contributed by atoms with Gasteiger partial charge in [-0.25, -0.2) is 13.4 Å². The highest BCUT2D eigenvalue weighted by atomic mass is 35.5. The molecule has 0 radical (unpaired) electrons. The fraction of sp³-hybridized carbons (Fsp3) is 0.360. The Morgan fingerprint density at radius 3 is 2.43 bits per heavy atom. The van der Waals surface area contributed by atoms with E-state index in [-0.39, 0.29) is 23.9 Å². The molecule has 4 aromatic rings. The molecule has 4 rings (SSSR count). The van der Waals surface area contributed by atoms with Gasteiger partial charge in [0.25, 0.3) is 0 Å². The predicted octanol–water partition coefficient (Wildman–Crippen LogP) is 3.73. The van der Waals surface area contributed by atoms with Crippen LogP contribution in [0.2, 0.25) is 5.15 Å². The van der Waals surface area contributed by atoms with Crippen LogP contribution < -0.4 is 0 Å². The highest BCUT2D eigenvalue weighted by Crippen LogP contribution is 2.31. The van der Waals surface area contributed by atoms with Crippen LogP contribution in [0.1, 0.15) is 61.2 Å². The van der Waals surface area contributed by atoms with Crippen molar-refractivity contribution in [2.75, 3.05) is 6.54 Å². The summed E-state index contributed by atoms with van der Waals surface area (Å²) in [7, 11) is -3.91. The number of aromatic amines is 1. The number of aryl methyl sites for hydroxylation is 1. The molecule has 0 fully saturated rings. The molecule has 196 valence electrons. The summed E-state index contributed by atoms with van der Waals surface area (Å²) < 4.78 is 30.9. The number of imidazole rings is 1. The summed E-state index contributed by atoms with van der Waals surface area (Å²) in [6.45, 7) is 4.27. The number of rotatable bonds is 12. The maximum absolute atomic E-state index is 13.8. The first-order valence-electron chi connectivity index (χ1n) is 12.1. The zero-order valence-corrected chi connectivity index (χ0v) is 22.3. The third-order valence-electron chi connectivity index (χ3n) is 6.20. The van der Waals surface area contributed by atoms with Gasteiger partial charge in [0.15, 0.2) is 11.0 Å². The van der Waals surface area contributed by atoms with Gasteiger partial charge in [0.1, 0.15) is 11.9 Å². The van der Waals surface area contributed by atoms with Gasteiger partial charge >= 0.3 is 0 Å². The Labute approximate surface area is 221 Å². The van der Waals surface area contributed by atoms with Crippen LogP contribution in [0.5, 0.6) is 0 Å². The summed E-state index contributed by atoms with van der Waals surface area (Å²) in [5.41, 5.74) is 2.15. The molecule has 0 saturated heterocycles. The second-order valence-electron chi connectivity index (χ2n) is 8.55. The van der Waals surface area contributed by atoms with E-state index >= 15 is 0 Å². The quantitative estimate of drug-likeness (QED) is 0.278. The molecule has 10 nitrogen and oxygen atoms in total. The lowest BCUT2D eigenvalue weighted by Crippen LogP contribution is -2.36. The number of hydrogen-bond acceptors (Lipinski definition) is 7. The maximum atomic E-state index is 13.8. The van der Waals surface area contributed by atoms with E-state index in [0.29, 0.717) is 17.4 Å². The Kier molecular flexibility index (Phi) is 8.70. The van der Waals surface area contributed by atoms with Crippen molar-refractivity contribution in [1.29, 1.82) is 0 Å². The van der Waals surface area contributed by atoms with Gasteiger partial charge in [-0.1, -0.05) is 79.5 Å². The Bertz CT molecular complexity index is 1390. The number of H-pyrrole nitrogens is 1. The summed E-state index contributed by atoms with van der Waals surface area (Å²) in [5.74, 6) is 1.07. The summed E-state index contributed by atoms with van der Waals surface area (Å²) in [6.07, 6.45) is 2.70. The van der Waals surface area contributed by atoms with Crippen molar-refractivity contribution in [2.24, 2.45) is 0 Å². The average molecular weight is 544 g/mol. The topological polar surface area (TPSA) is 130 Å². The van der Waals surface area contributed by atoms with Crippen LogP contribution in [0, 0.1) is 0 Å². The zero-order chi connectivity index (χ0) is 26.4. The van der Waals surface area contributed by atoms with Crippen molar-refractivity contribution < 1.29 is 13.5 Å². The second-order valence-corrected chi connectivity index (χ2v) is 10.8. The van der Waals surface area contributed by atoms with Gasteiger partial charge in [0, 0.05) is 19.5 Å². The molecule has 2 aromatic heterocycles. The summed E-state index contributed by atoms with van der Waals surface area (Å²) in [5, 5.41) is 24.4. The molecule has 0 aliphatic carbocycles. The molecule has 0 amide bonds. The van der Waals surface area contributed by atoms with E-state index in [9.17, 15) is 13.5 Å². The molecule has 0 bridgehead atoms. The predicted molar refractivity (Wildman–Crippen MR) is 139 cm³/mol. The molecule has 0 unspecified atom stereocenters. The maximum Gasteiger partial charge on any atom is 0.244 e. The molecule has 2 N–H and O–H groups in total. The van der Waals surface area contributed by atoms with Crippen molar-refractivity contribution in [3.8, 4) is 0 Å². The molecular weight excluding hydrogens is 514 g/mol. The molecule has 12 heteroatoms. The minimum atomic E-state index is -3.91. The molecule has 0 aliphatic heterocycles. The van der Waals surface area contributed by atoms with Crippen molar-refractivity contribution in [3.63, 3.8) is 0 Å². The van der Waals surface area contributed by atoms with Gasteiger partial charge in [-0.15, -0.1) is 10.2 Å². The minimum absolute atomic E-state index is 0.153. The van der Waals surface area contributed by atoms with Crippen molar-refractivity contribution in [3.05, 3.63) is 88.2 Å². The smallest absolute Gasteiger partial charge is 0.244 e. The second kappa shape index (κ2) is 12.0. The molecule has 0 aliphatic rings. The van der Waals surface area contributed by atoms with Gasteiger partial charge in [0.05, 0.1) is 17.2 Å². The summed E-state index contributed by atoms with van der Waals surface area (Å²) >= 11 is 6.26. The number of hydrogen-bond donors (Lipinski definition) is 2. The summed E-state index contributed by atoms with van der Waals surface area (Å²) in [4.78, 5) is 4.58. The van der Waals surface area contributed by atoms with E-state index in [1.54, 1.807) is 31.2 Å². The largest absolute Gasteiger partial charge is 0.390 e. The minimum Gasteiger partial charge on any atom is -0.390 e. The van der Waals surface area contributed by atoms with Crippen LogP contribution in [-0.4, -0.2) is 54.5 Å². The monoisotopic (exact) mass is 543 g/mol. The lowest BCUT2D eigenvalue weighted by Gasteiger charge is -2.28. The van der Waals surface area contributed by atoms with Crippen molar-refractivity contribution in [1.82, 2.24) is 34.5 Å². The standard InChI is InChI=1S/C25H30ClN7O3S/c1-3-5-11-22-27-24(26)21(17-34)32(22)16-18-12-14-20(15-13-18)37(35,36)33(4-2)23(25-28-30-31-29-25)19-9-7-6-8-10-19/h6-10,12-15,23,34H,3-5,11,16-17H2,1-2H3,(H,28,29,30,31)/t23-/m0/s1. The molecule has 1 atom stereocenters. The van der Waals surface area contributed by atoms with E-state index in [1.165, 1.54) is 4.31 Å². The van der Waals surface area contributed by atoms with Gasteiger partial charge in [-0.2, -0.15) is 9.52 Å². The number of benzene rings is 2. The molecule has 0 saturated carbocycles. The third kappa shape index (κ3) is 5.74. The van der Waals surface area contributed by atoms with Gasteiger partial charge in [-0.3, -0.25) is 0 Å². The van der Waals surface area contributed by atoms with Crippen molar-refractivity contribution in [2.45, 2.75) is 57.2 Å².